The minimum absolute atomic E-state index is 0.530. The van der Waals surface area contributed by atoms with Crippen LogP contribution in [-0.2, 0) is 0 Å². The van der Waals surface area contributed by atoms with Crippen molar-refractivity contribution in [3.8, 4) is 11.4 Å². The second-order valence-electron chi connectivity index (χ2n) is 10.6. The molecule has 0 aliphatic carbocycles. The molecule has 1 unspecified atom stereocenters. The fourth-order valence-electron chi connectivity index (χ4n) is 6.17. The Bertz CT molecular complexity index is 1050. The summed E-state index contributed by atoms with van der Waals surface area (Å²) in [5, 5.41) is 0. The van der Waals surface area contributed by atoms with Crippen LogP contribution in [0.4, 0.5) is 0 Å². The lowest BCUT2D eigenvalue weighted by Gasteiger charge is -2.22. The number of rotatable bonds is 13. The van der Waals surface area contributed by atoms with Crippen LogP contribution >= 0.6 is 0 Å². The van der Waals surface area contributed by atoms with Crippen LogP contribution in [0.1, 0.15) is 146 Å². The molecule has 1 aromatic heterocycles. The molecule has 1 heterocycles. The second kappa shape index (κ2) is 13.3. The quantitative estimate of drug-likeness (QED) is 0.212. The van der Waals surface area contributed by atoms with E-state index in [1.165, 1.54) is 72.2 Å². The average molecular weight is 488 g/mol. The third-order valence-electron chi connectivity index (χ3n) is 8.77. The topological polar surface area (TPSA) is 8.81 Å². The molecule has 0 amide bonds. The minimum Gasteiger partial charge on any atom is -0.201 e. The van der Waals surface area contributed by atoms with E-state index in [-0.39, 0.29) is 0 Å². The molecule has 0 spiro atoms. The Morgan fingerprint density at radius 3 is 1.53 bits per heavy atom. The van der Waals surface area contributed by atoms with Crippen molar-refractivity contribution in [2.75, 3.05) is 0 Å². The zero-order chi connectivity index (χ0) is 26.2. The van der Waals surface area contributed by atoms with E-state index in [0.29, 0.717) is 23.7 Å². The lowest BCUT2D eigenvalue weighted by Crippen LogP contribution is -2.32. The third kappa shape index (κ3) is 5.63. The molecule has 0 saturated carbocycles. The average Bonchev–Trinajstić information content (AvgIpc) is 3.40. The highest BCUT2D eigenvalue weighted by atomic mass is 15.1. The molecular weight excluding hydrogens is 436 g/mol. The number of imidazole rings is 1. The summed E-state index contributed by atoms with van der Waals surface area (Å²) < 4.78 is 4.86. The lowest BCUT2D eigenvalue weighted by atomic mass is 9.85. The number of aromatic nitrogens is 2. The van der Waals surface area contributed by atoms with Gasteiger partial charge in [0.1, 0.15) is 23.8 Å². The van der Waals surface area contributed by atoms with Crippen LogP contribution < -0.4 is 4.57 Å². The molecule has 2 aromatic carbocycles. The second-order valence-corrected chi connectivity index (χ2v) is 10.6. The van der Waals surface area contributed by atoms with E-state index < -0.39 is 0 Å². The van der Waals surface area contributed by atoms with Crippen molar-refractivity contribution < 1.29 is 4.57 Å². The Hall–Kier alpha value is -2.35. The van der Waals surface area contributed by atoms with Crippen molar-refractivity contribution in [1.29, 1.82) is 0 Å². The van der Waals surface area contributed by atoms with Gasteiger partial charge in [-0.15, -0.1) is 0 Å². The molecule has 0 aliphatic heterocycles. The summed E-state index contributed by atoms with van der Waals surface area (Å²) in [6, 6.07) is 14.1. The molecule has 2 nitrogen and oxygen atoms in total. The first kappa shape index (κ1) is 28.2. The van der Waals surface area contributed by atoms with Gasteiger partial charge in [-0.05, 0) is 68.6 Å². The van der Waals surface area contributed by atoms with Gasteiger partial charge in [0.05, 0.1) is 0 Å². The van der Waals surface area contributed by atoms with Crippen LogP contribution in [0.2, 0.25) is 0 Å². The van der Waals surface area contributed by atoms with Crippen LogP contribution in [-0.4, -0.2) is 4.57 Å². The molecule has 0 saturated heterocycles. The first-order valence-electron chi connectivity index (χ1n) is 14.8. The van der Waals surface area contributed by atoms with Gasteiger partial charge in [-0.2, -0.15) is 0 Å². The van der Waals surface area contributed by atoms with E-state index in [4.69, 9.17) is 0 Å². The molecule has 3 rings (SSSR count). The van der Waals surface area contributed by atoms with Crippen molar-refractivity contribution in [2.45, 2.75) is 124 Å². The maximum Gasteiger partial charge on any atom is 0.254 e. The number of para-hydroxylation sites is 2. The number of nitrogens with zero attached hydrogens (tertiary/aromatic N) is 2. The van der Waals surface area contributed by atoms with Crippen molar-refractivity contribution in [3.05, 3.63) is 77.4 Å². The Morgan fingerprint density at radius 2 is 1.06 bits per heavy atom. The van der Waals surface area contributed by atoms with Crippen LogP contribution in [0.5, 0.6) is 0 Å². The normalized spacial score (nSPS) is 12.8. The van der Waals surface area contributed by atoms with Gasteiger partial charge in [-0.3, -0.25) is 0 Å². The highest BCUT2D eigenvalue weighted by Gasteiger charge is 2.27. The van der Waals surface area contributed by atoms with E-state index in [9.17, 15) is 0 Å². The van der Waals surface area contributed by atoms with Gasteiger partial charge in [0.25, 0.3) is 6.33 Å². The Kier molecular flexibility index (Phi) is 10.4. The third-order valence-corrected chi connectivity index (χ3v) is 8.77. The van der Waals surface area contributed by atoms with E-state index in [0.717, 1.165) is 6.42 Å². The van der Waals surface area contributed by atoms with Gasteiger partial charge in [0, 0.05) is 22.3 Å². The molecule has 0 N–H and O–H groups in total. The number of hydrogen-bond acceptors (Lipinski definition) is 0. The molecule has 0 fully saturated rings. The summed E-state index contributed by atoms with van der Waals surface area (Å²) in [7, 11) is 0. The fourth-order valence-corrected chi connectivity index (χ4v) is 6.17. The maximum absolute atomic E-state index is 2.44. The number of hydrogen-bond donors (Lipinski definition) is 0. The summed E-state index contributed by atoms with van der Waals surface area (Å²) in [6.45, 7) is 18.7. The standard InChI is InChI=1S/C34H51N2/c1-9-25(8)29-18-16-19-30(26(10-2)11-3)33(29)35-22-23-36(24-35)34-31(27(12-4)13-5)20-17-21-32(34)28(14-6)15-7/h16-28H,9-15H2,1-8H3/q+1. The monoisotopic (exact) mass is 487 g/mol. The van der Waals surface area contributed by atoms with Crippen molar-refractivity contribution in [3.63, 3.8) is 0 Å². The fraction of sp³-hybridized carbons (Fsp3) is 0.559. The molecule has 2 heteroatoms. The first-order chi connectivity index (χ1) is 17.5. The van der Waals surface area contributed by atoms with Gasteiger partial charge >= 0.3 is 0 Å². The molecule has 0 bridgehead atoms. The largest absolute Gasteiger partial charge is 0.254 e. The van der Waals surface area contributed by atoms with Crippen LogP contribution in [0, 0.1) is 0 Å². The summed E-state index contributed by atoms with van der Waals surface area (Å²) in [6.07, 6.45) is 15.1. The minimum atomic E-state index is 0.530. The van der Waals surface area contributed by atoms with E-state index >= 15 is 0 Å². The van der Waals surface area contributed by atoms with Crippen molar-refractivity contribution >= 4 is 0 Å². The van der Waals surface area contributed by atoms with Gasteiger partial charge in [-0.25, -0.2) is 9.13 Å². The number of benzene rings is 2. The van der Waals surface area contributed by atoms with Gasteiger partial charge < -0.3 is 0 Å². The van der Waals surface area contributed by atoms with E-state index in [2.05, 4.69) is 120 Å². The van der Waals surface area contributed by atoms with Crippen LogP contribution in [0.15, 0.2) is 55.1 Å². The molecular formula is C34H51N2+. The Morgan fingerprint density at radius 1 is 0.611 bits per heavy atom. The highest BCUT2D eigenvalue weighted by molar-refractivity contribution is 5.52. The predicted molar refractivity (Wildman–Crippen MR) is 156 cm³/mol. The molecule has 36 heavy (non-hydrogen) atoms. The Labute approximate surface area is 221 Å². The van der Waals surface area contributed by atoms with Crippen molar-refractivity contribution in [1.82, 2.24) is 4.57 Å². The summed E-state index contributed by atoms with van der Waals surface area (Å²) >= 11 is 0. The molecule has 0 aliphatic rings. The van der Waals surface area contributed by atoms with Crippen LogP contribution in [0.3, 0.4) is 0 Å². The zero-order valence-electron chi connectivity index (χ0n) is 24.3. The predicted octanol–water partition coefficient (Wildman–Crippen LogP) is 9.98. The van der Waals surface area contributed by atoms with E-state index in [1.807, 2.05) is 0 Å². The maximum atomic E-state index is 2.44. The Balaban J connectivity index is 2.28. The zero-order valence-corrected chi connectivity index (χ0v) is 24.3. The SMILES string of the molecule is CCC(C)c1cccc(C(CC)CC)c1-n1cc[n+](-c2c(C(CC)CC)cccc2C(CC)CC)c1. The first-order valence-corrected chi connectivity index (χ1v) is 14.8. The van der Waals surface area contributed by atoms with Crippen LogP contribution in [0.25, 0.3) is 11.4 Å². The molecule has 196 valence electrons. The highest BCUT2D eigenvalue weighted by Crippen LogP contribution is 2.37. The summed E-state index contributed by atoms with van der Waals surface area (Å²) in [5.74, 6) is 2.27. The van der Waals surface area contributed by atoms with Gasteiger partial charge in [0.2, 0.25) is 0 Å². The molecule has 1 atom stereocenters. The van der Waals surface area contributed by atoms with Crippen molar-refractivity contribution in [2.24, 2.45) is 0 Å². The summed E-state index contributed by atoms with van der Waals surface area (Å²) in [4.78, 5) is 0. The molecule has 3 aromatic rings. The van der Waals surface area contributed by atoms with E-state index in [1.54, 1.807) is 0 Å². The van der Waals surface area contributed by atoms with Gasteiger partial charge in [0.15, 0.2) is 0 Å². The smallest absolute Gasteiger partial charge is 0.201 e. The lowest BCUT2D eigenvalue weighted by molar-refractivity contribution is -0.596. The van der Waals surface area contributed by atoms with Gasteiger partial charge in [-0.1, -0.05) is 91.8 Å². The summed E-state index contributed by atoms with van der Waals surface area (Å²) in [5.41, 5.74) is 8.80. The molecule has 0 radical (unpaired) electrons.